The van der Waals surface area contributed by atoms with Gasteiger partial charge in [-0.25, -0.2) is 0 Å². The molecule has 33 heavy (non-hydrogen) atoms. The highest BCUT2D eigenvalue weighted by atomic mass is 16.5. The number of fused-ring (bicyclic) bond motifs is 2. The van der Waals surface area contributed by atoms with Crippen LogP contribution in [0.2, 0.25) is 0 Å². The molecule has 0 spiro atoms. The largest absolute Gasteiger partial charge is 0.469 e. The minimum absolute atomic E-state index is 0.0620. The number of nitrogens with one attached hydrogen (secondary N) is 1. The average Bonchev–Trinajstić information content (AvgIpc) is 3.07. The van der Waals surface area contributed by atoms with E-state index in [0.717, 1.165) is 27.8 Å². The Kier molecular flexibility index (Phi) is 6.09. The number of hydrogen-bond acceptors (Lipinski definition) is 5. The van der Waals surface area contributed by atoms with Crippen LogP contribution in [0, 0.1) is 0 Å². The number of rotatable bonds is 5. The molecule has 8 heteroatoms. The third-order valence-corrected chi connectivity index (χ3v) is 6.16. The second kappa shape index (κ2) is 8.97. The van der Waals surface area contributed by atoms with Crippen LogP contribution in [0.25, 0.3) is 10.9 Å². The van der Waals surface area contributed by atoms with Gasteiger partial charge in [0, 0.05) is 50.1 Å². The summed E-state index contributed by atoms with van der Waals surface area (Å²) < 4.78 is 6.82. The van der Waals surface area contributed by atoms with E-state index in [1.807, 2.05) is 25.2 Å². The van der Waals surface area contributed by atoms with E-state index in [1.54, 1.807) is 36.0 Å². The molecule has 1 aromatic heterocycles. The van der Waals surface area contributed by atoms with E-state index in [0.29, 0.717) is 18.7 Å². The third kappa shape index (κ3) is 4.41. The number of nitrogens with zero attached hydrogens (tertiary/aromatic N) is 3. The average molecular weight is 449 g/mol. The van der Waals surface area contributed by atoms with Crippen LogP contribution >= 0.6 is 0 Å². The van der Waals surface area contributed by atoms with Crippen LogP contribution in [-0.2, 0) is 34.5 Å². The van der Waals surface area contributed by atoms with Crippen LogP contribution in [0.15, 0.2) is 48.5 Å². The number of esters is 1. The van der Waals surface area contributed by atoms with E-state index in [-0.39, 0.29) is 18.2 Å². The first-order valence-corrected chi connectivity index (χ1v) is 10.8. The first-order valence-electron chi connectivity index (χ1n) is 10.8. The SMILES string of the molecule is COC(=O)C[C@@H]1Nc2ccc(C(=O)N(C)Cc3cc4ccccc4n3C)cc2CN(C)C1=O. The van der Waals surface area contributed by atoms with Crippen molar-refractivity contribution in [3.63, 3.8) is 0 Å². The molecule has 0 saturated heterocycles. The van der Waals surface area contributed by atoms with E-state index in [4.69, 9.17) is 4.74 Å². The van der Waals surface area contributed by atoms with Gasteiger partial charge in [-0.15, -0.1) is 0 Å². The maximum absolute atomic E-state index is 13.2. The number of likely N-dealkylation sites (N-methyl/N-ethyl adjacent to an activating group) is 1. The molecule has 8 nitrogen and oxygen atoms in total. The number of ether oxygens (including phenoxy) is 1. The van der Waals surface area contributed by atoms with Crippen molar-refractivity contribution < 1.29 is 19.1 Å². The lowest BCUT2D eigenvalue weighted by Gasteiger charge is -2.19. The highest BCUT2D eigenvalue weighted by Crippen LogP contribution is 2.26. The van der Waals surface area contributed by atoms with E-state index in [9.17, 15) is 14.4 Å². The van der Waals surface area contributed by atoms with Crippen LogP contribution in [0.1, 0.15) is 28.0 Å². The molecule has 0 radical (unpaired) electrons. The number of carbonyl (C=O) groups excluding carboxylic acids is 3. The third-order valence-electron chi connectivity index (χ3n) is 6.16. The molecular weight excluding hydrogens is 420 g/mol. The Balaban J connectivity index is 1.54. The molecular formula is C25H28N4O4. The predicted molar refractivity (Wildman–Crippen MR) is 126 cm³/mol. The highest BCUT2D eigenvalue weighted by molar-refractivity contribution is 5.96. The minimum Gasteiger partial charge on any atom is -0.469 e. The minimum atomic E-state index is -0.709. The molecule has 4 rings (SSSR count). The van der Waals surface area contributed by atoms with Crippen LogP contribution in [0.5, 0.6) is 0 Å². The summed E-state index contributed by atoms with van der Waals surface area (Å²) in [5.74, 6) is -0.760. The smallest absolute Gasteiger partial charge is 0.308 e. The first-order chi connectivity index (χ1) is 15.8. The van der Waals surface area contributed by atoms with Gasteiger partial charge in [0.15, 0.2) is 0 Å². The van der Waals surface area contributed by atoms with Gasteiger partial charge >= 0.3 is 5.97 Å². The Morgan fingerprint density at radius 1 is 1.15 bits per heavy atom. The molecule has 0 unspecified atom stereocenters. The quantitative estimate of drug-likeness (QED) is 0.607. The van der Waals surface area contributed by atoms with Crippen LogP contribution in [0.4, 0.5) is 5.69 Å². The fourth-order valence-corrected chi connectivity index (χ4v) is 4.27. The van der Waals surface area contributed by atoms with E-state index in [1.165, 1.54) is 7.11 Å². The zero-order valence-corrected chi connectivity index (χ0v) is 19.3. The van der Waals surface area contributed by atoms with Crippen molar-refractivity contribution >= 4 is 34.4 Å². The van der Waals surface area contributed by atoms with Crippen molar-refractivity contribution in [3.05, 3.63) is 65.4 Å². The molecule has 1 atom stereocenters. The van der Waals surface area contributed by atoms with Crippen molar-refractivity contribution in [2.45, 2.75) is 25.6 Å². The van der Waals surface area contributed by atoms with Gasteiger partial charge in [-0.3, -0.25) is 14.4 Å². The Labute approximate surface area is 192 Å². The topological polar surface area (TPSA) is 83.9 Å². The summed E-state index contributed by atoms with van der Waals surface area (Å²) in [6.07, 6.45) is -0.0620. The summed E-state index contributed by atoms with van der Waals surface area (Å²) in [7, 11) is 6.77. The number of amides is 2. The lowest BCUT2D eigenvalue weighted by atomic mass is 10.1. The van der Waals surface area contributed by atoms with Gasteiger partial charge < -0.3 is 24.4 Å². The van der Waals surface area contributed by atoms with Crippen LogP contribution < -0.4 is 5.32 Å². The fourth-order valence-electron chi connectivity index (χ4n) is 4.27. The normalized spacial score (nSPS) is 15.6. The summed E-state index contributed by atoms with van der Waals surface area (Å²) in [5, 5.41) is 4.28. The molecule has 2 heterocycles. The number of aryl methyl sites for hydroxylation is 1. The Morgan fingerprint density at radius 3 is 2.64 bits per heavy atom. The van der Waals surface area contributed by atoms with Crippen molar-refractivity contribution in [3.8, 4) is 0 Å². The molecule has 1 N–H and O–H groups in total. The molecule has 0 saturated carbocycles. The van der Waals surface area contributed by atoms with Crippen molar-refractivity contribution in [2.75, 3.05) is 26.5 Å². The van der Waals surface area contributed by atoms with Crippen LogP contribution in [0.3, 0.4) is 0 Å². The van der Waals surface area contributed by atoms with Gasteiger partial charge in [-0.2, -0.15) is 0 Å². The monoisotopic (exact) mass is 448 g/mol. The molecule has 3 aromatic rings. The van der Waals surface area contributed by atoms with E-state index < -0.39 is 12.0 Å². The maximum atomic E-state index is 13.2. The number of hydrogen-bond donors (Lipinski definition) is 1. The Morgan fingerprint density at radius 2 is 1.91 bits per heavy atom. The Hall–Kier alpha value is -3.81. The lowest BCUT2D eigenvalue weighted by Crippen LogP contribution is -2.39. The molecule has 0 aliphatic carbocycles. The number of para-hydroxylation sites is 1. The van der Waals surface area contributed by atoms with Crippen molar-refractivity contribution in [1.29, 1.82) is 0 Å². The first kappa shape index (κ1) is 22.4. The summed E-state index contributed by atoms with van der Waals surface area (Å²) in [6.45, 7) is 0.811. The number of methoxy groups -OCH3 is 1. The van der Waals surface area contributed by atoms with Crippen molar-refractivity contribution in [2.24, 2.45) is 7.05 Å². The summed E-state index contributed by atoms with van der Waals surface area (Å²) in [6, 6.07) is 14.9. The Bertz CT molecular complexity index is 1230. The molecule has 0 fully saturated rings. The standard InChI is InChI=1S/C25H28N4O4/c1-27-14-18-11-17(9-10-20(18)26-21(25(27)32)13-23(30)33-4)24(31)28(2)15-19-12-16-7-5-6-8-22(16)29(19)3/h5-12,21,26H,13-15H2,1-4H3/t21-/m0/s1. The number of aromatic nitrogens is 1. The van der Waals surface area contributed by atoms with Gasteiger partial charge in [-0.05, 0) is 41.3 Å². The molecule has 0 bridgehead atoms. The van der Waals surface area contributed by atoms with E-state index in [2.05, 4.69) is 28.1 Å². The molecule has 1 aliphatic rings. The zero-order valence-electron chi connectivity index (χ0n) is 19.3. The van der Waals surface area contributed by atoms with Gasteiger partial charge in [0.1, 0.15) is 6.04 Å². The van der Waals surface area contributed by atoms with Gasteiger partial charge in [0.2, 0.25) is 5.91 Å². The predicted octanol–water partition coefficient (Wildman–Crippen LogP) is 2.77. The molecule has 2 amide bonds. The van der Waals surface area contributed by atoms with E-state index >= 15 is 0 Å². The van der Waals surface area contributed by atoms with Gasteiger partial charge in [-0.1, -0.05) is 18.2 Å². The summed E-state index contributed by atoms with van der Waals surface area (Å²) >= 11 is 0. The zero-order chi connectivity index (χ0) is 23.7. The summed E-state index contributed by atoms with van der Waals surface area (Å²) in [5.41, 5.74) is 4.26. The number of carbonyl (C=O) groups is 3. The number of benzene rings is 2. The molecule has 2 aromatic carbocycles. The molecule has 172 valence electrons. The van der Waals surface area contributed by atoms with Crippen LogP contribution in [-0.4, -0.2) is 59.4 Å². The second-order valence-electron chi connectivity index (χ2n) is 8.46. The maximum Gasteiger partial charge on any atom is 0.308 e. The van der Waals surface area contributed by atoms with Gasteiger partial charge in [0.05, 0.1) is 20.1 Å². The molecule has 1 aliphatic heterocycles. The van der Waals surface area contributed by atoms with Gasteiger partial charge in [0.25, 0.3) is 5.91 Å². The van der Waals surface area contributed by atoms with Crippen molar-refractivity contribution in [1.82, 2.24) is 14.4 Å². The summed E-state index contributed by atoms with van der Waals surface area (Å²) in [4.78, 5) is 40.8. The highest BCUT2D eigenvalue weighted by Gasteiger charge is 2.30. The number of anilines is 1. The second-order valence-corrected chi connectivity index (χ2v) is 8.46. The lowest BCUT2D eigenvalue weighted by molar-refractivity contribution is -0.143. The fraction of sp³-hybridized carbons (Fsp3) is 0.320.